The highest BCUT2D eigenvalue weighted by Crippen LogP contribution is 2.28. The zero-order valence-corrected chi connectivity index (χ0v) is 12.1. The number of nitrogens with zero attached hydrogens (tertiary/aromatic N) is 2. The van der Waals surface area contributed by atoms with E-state index in [0.29, 0.717) is 0 Å². The number of aromatic nitrogens is 2. The van der Waals surface area contributed by atoms with Crippen molar-refractivity contribution in [2.45, 2.75) is 23.9 Å². The number of hydrogen-bond acceptors (Lipinski definition) is 3. The van der Waals surface area contributed by atoms with Crippen molar-refractivity contribution in [1.29, 1.82) is 5.26 Å². The van der Waals surface area contributed by atoms with Gasteiger partial charge in [-0.05, 0) is 55.3 Å². The van der Waals surface area contributed by atoms with Gasteiger partial charge >= 0.3 is 0 Å². The van der Waals surface area contributed by atoms with Gasteiger partial charge in [-0.1, -0.05) is 17.8 Å². The lowest BCUT2D eigenvalue weighted by Crippen LogP contribution is -1.83. The maximum Gasteiger partial charge on any atom is 0.171 e. The molecule has 0 unspecified atom stereocenters. The second-order valence-electron chi connectivity index (χ2n) is 4.75. The van der Waals surface area contributed by atoms with E-state index in [1.54, 1.807) is 11.8 Å². The van der Waals surface area contributed by atoms with Gasteiger partial charge in [-0.15, -0.1) is 0 Å². The molecule has 2 aromatic carbocycles. The summed E-state index contributed by atoms with van der Waals surface area (Å²) < 4.78 is 0. The minimum atomic E-state index is 0.717. The molecular formula is C16H13N3S. The molecule has 0 aliphatic carbocycles. The number of aromatic amines is 1. The molecule has 98 valence electrons. The standard InChI is InChI=1S/C16H13N3S/c1-10-3-6-14-15(7-10)19-16(18-14)20-13-5-4-12(9-17)11(2)8-13/h3-8H,1-2H3,(H,18,19). The van der Waals surface area contributed by atoms with E-state index in [2.05, 4.69) is 35.1 Å². The molecule has 1 aromatic heterocycles. The monoisotopic (exact) mass is 279 g/mol. The SMILES string of the molecule is Cc1ccc2nc(Sc3ccc(C#N)c(C)c3)[nH]c2c1. The van der Waals surface area contributed by atoms with Gasteiger partial charge in [-0.2, -0.15) is 5.26 Å². The first-order chi connectivity index (χ1) is 9.65. The van der Waals surface area contributed by atoms with E-state index in [1.807, 2.05) is 31.2 Å². The molecule has 0 atom stereocenters. The van der Waals surface area contributed by atoms with Crippen LogP contribution in [0.1, 0.15) is 16.7 Å². The summed E-state index contributed by atoms with van der Waals surface area (Å²) in [4.78, 5) is 8.96. The number of nitriles is 1. The van der Waals surface area contributed by atoms with Crippen molar-refractivity contribution in [3.05, 3.63) is 53.1 Å². The van der Waals surface area contributed by atoms with Crippen LogP contribution in [0.25, 0.3) is 11.0 Å². The van der Waals surface area contributed by atoms with Crippen LogP contribution in [-0.2, 0) is 0 Å². The van der Waals surface area contributed by atoms with E-state index >= 15 is 0 Å². The third-order valence-corrected chi connectivity index (χ3v) is 4.02. The lowest BCUT2D eigenvalue weighted by atomic mass is 10.1. The summed E-state index contributed by atoms with van der Waals surface area (Å²) in [5, 5.41) is 9.82. The number of imidazole rings is 1. The lowest BCUT2D eigenvalue weighted by Gasteiger charge is -2.01. The van der Waals surface area contributed by atoms with E-state index in [1.165, 1.54) is 5.56 Å². The normalized spacial score (nSPS) is 10.7. The van der Waals surface area contributed by atoms with Gasteiger partial charge in [0.15, 0.2) is 5.16 Å². The van der Waals surface area contributed by atoms with Gasteiger partial charge in [-0.3, -0.25) is 0 Å². The van der Waals surface area contributed by atoms with Crippen molar-refractivity contribution in [1.82, 2.24) is 9.97 Å². The van der Waals surface area contributed by atoms with Gasteiger partial charge in [0.2, 0.25) is 0 Å². The zero-order chi connectivity index (χ0) is 14.1. The number of rotatable bonds is 2. The predicted molar refractivity (Wildman–Crippen MR) is 80.8 cm³/mol. The number of hydrogen-bond donors (Lipinski definition) is 1. The number of benzene rings is 2. The van der Waals surface area contributed by atoms with Gasteiger partial charge in [0.25, 0.3) is 0 Å². The molecular weight excluding hydrogens is 266 g/mol. The molecule has 0 saturated heterocycles. The van der Waals surface area contributed by atoms with E-state index < -0.39 is 0 Å². The van der Waals surface area contributed by atoms with E-state index in [0.717, 1.165) is 32.2 Å². The molecule has 20 heavy (non-hydrogen) atoms. The fourth-order valence-electron chi connectivity index (χ4n) is 2.09. The molecule has 0 fully saturated rings. The Morgan fingerprint density at radius 1 is 1.15 bits per heavy atom. The fraction of sp³-hybridized carbons (Fsp3) is 0.125. The largest absolute Gasteiger partial charge is 0.333 e. The summed E-state index contributed by atoms with van der Waals surface area (Å²) >= 11 is 1.58. The average Bonchev–Trinajstić information content (AvgIpc) is 2.80. The second kappa shape index (κ2) is 5.03. The van der Waals surface area contributed by atoms with Crippen LogP contribution < -0.4 is 0 Å². The zero-order valence-electron chi connectivity index (χ0n) is 11.3. The Labute approximate surface area is 121 Å². The molecule has 0 amide bonds. The highest BCUT2D eigenvalue weighted by atomic mass is 32.2. The average molecular weight is 279 g/mol. The van der Waals surface area contributed by atoms with Crippen LogP contribution >= 0.6 is 11.8 Å². The van der Waals surface area contributed by atoms with Crippen LogP contribution in [0.15, 0.2) is 46.5 Å². The van der Waals surface area contributed by atoms with Gasteiger partial charge in [0.05, 0.1) is 22.7 Å². The molecule has 3 nitrogen and oxygen atoms in total. The lowest BCUT2D eigenvalue weighted by molar-refractivity contribution is 1.08. The summed E-state index contributed by atoms with van der Waals surface area (Å²) in [6.45, 7) is 4.02. The Kier molecular flexibility index (Phi) is 3.21. The first-order valence-corrected chi connectivity index (χ1v) is 7.12. The summed E-state index contributed by atoms with van der Waals surface area (Å²) in [5.41, 5.74) is 4.95. The van der Waals surface area contributed by atoms with Crippen molar-refractivity contribution in [2.24, 2.45) is 0 Å². The van der Waals surface area contributed by atoms with E-state index in [4.69, 9.17) is 5.26 Å². The molecule has 1 heterocycles. The Bertz CT molecular complexity index is 827. The van der Waals surface area contributed by atoms with Gasteiger partial charge < -0.3 is 4.98 Å². The maximum atomic E-state index is 8.94. The van der Waals surface area contributed by atoms with Crippen LogP contribution in [0.5, 0.6) is 0 Å². The quantitative estimate of drug-likeness (QED) is 0.764. The first-order valence-electron chi connectivity index (χ1n) is 6.31. The molecule has 0 saturated carbocycles. The highest BCUT2D eigenvalue weighted by Gasteiger charge is 2.06. The Morgan fingerprint density at radius 2 is 2.00 bits per heavy atom. The number of nitrogens with one attached hydrogen (secondary N) is 1. The van der Waals surface area contributed by atoms with Crippen LogP contribution in [0.2, 0.25) is 0 Å². The van der Waals surface area contributed by atoms with Gasteiger partial charge in [-0.25, -0.2) is 4.98 Å². The molecule has 3 rings (SSSR count). The topological polar surface area (TPSA) is 52.5 Å². The van der Waals surface area contributed by atoms with Gasteiger partial charge in [0, 0.05) is 4.90 Å². The molecule has 1 N–H and O–H groups in total. The summed E-state index contributed by atoms with van der Waals surface area (Å²) in [7, 11) is 0. The summed E-state index contributed by atoms with van der Waals surface area (Å²) in [6, 6.07) is 14.2. The minimum absolute atomic E-state index is 0.717. The number of aryl methyl sites for hydroxylation is 2. The molecule has 0 aliphatic rings. The Hall–Kier alpha value is -2.25. The predicted octanol–water partition coefficient (Wildman–Crippen LogP) is 4.20. The maximum absolute atomic E-state index is 8.94. The third-order valence-electron chi connectivity index (χ3n) is 3.15. The Balaban J connectivity index is 1.93. The van der Waals surface area contributed by atoms with Gasteiger partial charge in [0.1, 0.15) is 0 Å². The first kappa shape index (κ1) is 12.8. The number of fused-ring (bicyclic) bond motifs is 1. The summed E-state index contributed by atoms with van der Waals surface area (Å²) in [6.07, 6.45) is 0. The molecule has 0 spiro atoms. The van der Waals surface area contributed by atoms with Crippen LogP contribution in [0.4, 0.5) is 0 Å². The molecule has 0 radical (unpaired) electrons. The molecule has 3 aromatic rings. The second-order valence-corrected chi connectivity index (χ2v) is 5.82. The van der Waals surface area contributed by atoms with Crippen molar-refractivity contribution in [3.8, 4) is 6.07 Å². The van der Waals surface area contributed by atoms with E-state index in [-0.39, 0.29) is 0 Å². The molecule has 0 aliphatic heterocycles. The minimum Gasteiger partial charge on any atom is -0.333 e. The third kappa shape index (κ3) is 2.40. The van der Waals surface area contributed by atoms with Crippen molar-refractivity contribution in [3.63, 3.8) is 0 Å². The molecule has 4 heteroatoms. The fourth-order valence-corrected chi connectivity index (χ4v) is 2.99. The van der Waals surface area contributed by atoms with Crippen LogP contribution in [0.3, 0.4) is 0 Å². The number of H-pyrrole nitrogens is 1. The summed E-state index contributed by atoms with van der Waals surface area (Å²) in [5.74, 6) is 0. The van der Waals surface area contributed by atoms with E-state index in [9.17, 15) is 0 Å². The molecule has 0 bridgehead atoms. The highest BCUT2D eigenvalue weighted by molar-refractivity contribution is 7.99. The van der Waals surface area contributed by atoms with Crippen molar-refractivity contribution >= 4 is 22.8 Å². The Morgan fingerprint density at radius 3 is 2.75 bits per heavy atom. The smallest absolute Gasteiger partial charge is 0.171 e. The van der Waals surface area contributed by atoms with Crippen LogP contribution in [0, 0.1) is 25.2 Å². The van der Waals surface area contributed by atoms with Crippen molar-refractivity contribution in [2.75, 3.05) is 0 Å². The van der Waals surface area contributed by atoms with Crippen molar-refractivity contribution < 1.29 is 0 Å². The van der Waals surface area contributed by atoms with Crippen LogP contribution in [-0.4, -0.2) is 9.97 Å².